The van der Waals surface area contributed by atoms with Gasteiger partial charge in [-0.1, -0.05) is 97.1 Å². The van der Waals surface area contributed by atoms with Gasteiger partial charge >= 0.3 is 12.2 Å². The topological polar surface area (TPSA) is 181 Å². The molecule has 0 radical (unpaired) electrons. The Kier molecular flexibility index (Phi) is 19.5. The molecule has 4 aromatic carbocycles. The zero-order chi connectivity index (χ0) is 49.2. The first-order valence-electron chi connectivity index (χ1n) is 24.0. The van der Waals surface area contributed by atoms with Crippen molar-refractivity contribution in [2.75, 3.05) is 79.2 Å². The Morgan fingerprint density at radius 2 is 0.768 bits per heavy atom. The van der Waals surface area contributed by atoms with E-state index in [4.69, 9.17) is 33.2 Å². The normalized spacial score (nSPS) is 13.9. The monoisotopic (exact) mass is 951 g/mol. The summed E-state index contributed by atoms with van der Waals surface area (Å²) in [5, 5.41) is 11.1. The molecule has 0 aromatic heterocycles. The fraction of sp³-hybridized carbons (Fsp3) is 0.481. The Labute approximate surface area is 406 Å². The van der Waals surface area contributed by atoms with E-state index in [1.54, 1.807) is 0 Å². The van der Waals surface area contributed by atoms with Crippen LogP contribution in [0.3, 0.4) is 0 Å². The van der Waals surface area contributed by atoms with Crippen molar-refractivity contribution in [3.05, 3.63) is 119 Å². The molecule has 4 aromatic rings. The van der Waals surface area contributed by atoms with Gasteiger partial charge in [-0.3, -0.25) is 9.59 Å². The van der Waals surface area contributed by atoms with E-state index in [1.165, 1.54) is 0 Å². The molecule has 69 heavy (non-hydrogen) atoms. The molecule has 372 valence electrons. The van der Waals surface area contributed by atoms with E-state index >= 15 is 0 Å². The first kappa shape index (κ1) is 52.5. The SMILES string of the molecule is CC(C)(C)OCC(NC(=O)OCC1c2ccccc2-c2ccccc21)C(=O)NCCCOCCOCCOCCCNC(=O)C(COC(C)(C)C)NC(=O)OCC1c2ccccc2-c2ccccc21. The Bertz CT molecular complexity index is 2060. The molecule has 2 aliphatic carbocycles. The molecule has 0 fully saturated rings. The van der Waals surface area contributed by atoms with E-state index in [0.717, 1.165) is 44.5 Å². The Hall–Kier alpha value is -5.84. The Morgan fingerprint density at radius 3 is 1.09 bits per heavy atom. The molecule has 4 N–H and O–H groups in total. The lowest BCUT2D eigenvalue weighted by atomic mass is 9.98. The smallest absolute Gasteiger partial charge is 0.407 e. The fourth-order valence-electron chi connectivity index (χ4n) is 8.16. The second kappa shape index (κ2) is 25.7. The van der Waals surface area contributed by atoms with Crippen molar-refractivity contribution in [3.63, 3.8) is 0 Å². The number of hydrogen-bond acceptors (Lipinski definition) is 11. The number of fused-ring (bicyclic) bond motifs is 6. The molecule has 2 aliphatic rings. The van der Waals surface area contributed by atoms with E-state index in [9.17, 15) is 19.2 Å². The van der Waals surface area contributed by atoms with Gasteiger partial charge in [-0.05, 0) is 98.9 Å². The molecule has 0 spiro atoms. The van der Waals surface area contributed by atoms with E-state index in [0.29, 0.717) is 65.6 Å². The number of benzene rings is 4. The molecule has 2 unspecified atom stereocenters. The highest BCUT2D eigenvalue weighted by Crippen LogP contribution is 2.45. The van der Waals surface area contributed by atoms with Crippen molar-refractivity contribution in [1.82, 2.24) is 21.3 Å². The van der Waals surface area contributed by atoms with Crippen LogP contribution in [-0.4, -0.2) is 126 Å². The van der Waals surface area contributed by atoms with Gasteiger partial charge in [0.2, 0.25) is 11.8 Å². The van der Waals surface area contributed by atoms with Crippen molar-refractivity contribution in [1.29, 1.82) is 0 Å². The predicted octanol–water partition coefficient (Wildman–Crippen LogP) is 7.49. The summed E-state index contributed by atoms with van der Waals surface area (Å²) in [4.78, 5) is 52.4. The third-order valence-corrected chi connectivity index (χ3v) is 11.5. The lowest BCUT2D eigenvalue weighted by molar-refractivity contribution is -0.127. The number of amides is 4. The molecule has 0 saturated carbocycles. The summed E-state index contributed by atoms with van der Waals surface area (Å²) in [6, 6.07) is 30.5. The summed E-state index contributed by atoms with van der Waals surface area (Å²) in [5.74, 6) is -0.959. The van der Waals surface area contributed by atoms with Crippen molar-refractivity contribution in [2.45, 2.75) is 89.5 Å². The minimum Gasteiger partial charge on any atom is -0.449 e. The van der Waals surface area contributed by atoms with Crippen LogP contribution >= 0.6 is 0 Å². The molecule has 15 nitrogen and oxygen atoms in total. The standard InChI is InChI=1S/C54H70N4O11/c1-53(2,3)68-35-47(57-51(61)66-33-45-41-21-11-7-17-37(41)38-18-8-12-22-42(38)45)49(59)55-25-15-27-63-29-31-65-32-30-64-28-16-26-56-50(60)48(36-69-54(4,5)6)58-52(62)67-34-46-43-23-13-9-19-39(43)40-20-10-14-24-44(40)46/h7-14,17-24,45-48H,15-16,25-36H2,1-6H3,(H,55,59)(H,56,60)(H,57,61)(H,58,62). The molecule has 15 heteroatoms. The van der Waals surface area contributed by atoms with Crippen LogP contribution in [0.15, 0.2) is 97.1 Å². The molecule has 0 saturated heterocycles. The minimum absolute atomic E-state index is 0.0208. The summed E-state index contributed by atoms with van der Waals surface area (Å²) < 4.78 is 40.1. The maximum absolute atomic E-state index is 13.2. The molecule has 0 heterocycles. The van der Waals surface area contributed by atoms with Gasteiger partial charge in [0.1, 0.15) is 25.3 Å². The van der Waals surface area contributed by atoms with Crippen LogP contribution in [0.2, 0.25) is 0 Å². The first-order valence-corrected chi connectivity index (χ1v) is 24.0. The van der Waals surface area contributed by atoms with Crippen LogP contribution in [0.1, 0.15) is 88.5 Å². The van der Waals surface area contributed by atoms with Crippen molar-refractivity contribution < 1.29 is 52.3 Å². The van der Waals surface area contributed by atoms with Crippen LogP contribution < -0.4 is 21.3 Å². The first-order chi connectivity index (χ1) is 33.2. The van der Waals surface area contributed by atoms with E-state index in [1.807, 2.05) is 90.1 Å². The average molecular weight is 951 g/mol. The molecule has 4 amide bonds. The summed E-state index contributed by atoms with van der Waals surface area (Å²) in [6.45, 7) is 14.5. The highest BCUT2D eigenvalue weighted by molar-refractivity contribution is 5.87. The molecule has 6 rings (SSSR count). The number of hydrogen-bond donors (Lipinski definition) is 4. The van der Waals surface area contributed by atoms with Gasteiger partial charge in [0.15, 0.2) is 0 Å². The lowest BCUT2D eigenvalue weighted by Gasteiger charge is -2.25. The van der Waals surface area contributed by atoms with Crippen molar-refractivity contribution in [3.8, 4) is 22.3 Å². The van der Waals surface area contributed by atoms with Crippen LogP contribution in [0.5, 0.6) is 0 Å². The minimum atomic E-state index is -0.952. The Balaban J connectivity index is 0.797. The molecule has 0 bridgehead atoms. The zero-order valence-electron chi connectivity index (χ0n) is 40.9. The van der Waals surface area contributed by atoms with E-state index in [-0.39, 0.29) is 50.1 Å². The van der Waals surface area contributed by atoms with E-state index in [2.05, 4.69) is 69.8 Å². The molecule has 0 aliphatic heterocycles. The Morgan fingerprint density at radius 1 is 0.464 bits per heavy atom. The number of rotatable bonds is 26. The van der Waals surface area contributed by atoms with Gasteiger partial charge in [-0.25, -0.2) is 9.59 Å². The van der Waals surface area contributed by atoms with Gasteiger partial charge in [-0.15, -0.1) is 0 Å². The number of alkyl carbamates (subject to hydrolysis) is 2. The molecule has 2 atom stereocenters. The zero-order valence-corrected chi connectivity index (χ0v) is 40.9. The third kappa shape index (κ3) is 16.1. The summed E-state index contributed by atoms with van der Waals surface area (Å²) in [5.41, 5.74) is 7.90. The molecular weight excluding hydrogens is 881 g/mol. The number of carbonyl (C=O) groups is 4. The number of carbonyl (C=O) groups excluding carboxylic acids is 4. The third-order valence-electron chi connectivity index (χ3n) is 11.5. The fourth-order valence-corrected chi connectivity index (χ4v) is 8.16. The van der Waals surface area contributed by atoms with Gasteiger partial charge in [0.05, 0.1) is 50.8 Å². The van der Waals surface area contributed by atoms with Gasteiger partial charge < -0.3 is 54.4 Å². The highest BCUT2D eigenvalue weighted by atomic mass is 16.6. The van der Waals surface area contributed by atoms with Crippen LogP contribution in [0.4, 0.5) is 9.59 Å². The average Bonchev–Trinajstić information content (AvgIpc) is 3.82. The number of ether oxygens (including phenoxy) is 7. The maximum Gasteiger partial charge on any atom is 0.407 e. The maximum atomic E-state index is 13.2. The van der Waals surface area contributed by atoms with Crippen molar-refractivity contribution in [2.24, 2.45) is 0 Å². The largest absolute Gasteiger partial charge is 0.449 e. The summed E-state index contributed by atoms with van der Waals surface area (Å²) >= 11 is 0. The quantitative estimate of drug-likeness (QED) is 0.0458. The molecular formula is C54H70N4O11. The van der Waals surface area contributed by atoms with Crippen LogP contribution in [0.25, 0.3) is 22.3 Å². The van der Waals surface area contributed by atoms with Gasteiger partial charge in [0.25, 0.3) is 0 Å². The second-order valence-electron chi connectivity index (χ2n) is 19.0. The van der Waals surface area contributed by atoms with E-state index < -0.39 is 35.5 Å². The summed E-state index contributed by atoms with van der Waals surface area (Å²) in [7, 11) is 0. The second-order valence-corrected chi connectivity index (χ2v) is 19.0. The predicted molar refractivity (Wildman–Crippen MR) is 263 cm³/mol. The van der Waals surface area contributed by atoms with Gasteiger partial charge in [0, 0.05) is 38.1 Å². The van der Waals surface area contributed by atoms with Crippen molar-refractivity contribution >= 4 is 24.0 Å². The summed E-state index contributed by atoms with van der Waals surface area (Å²) in [6.07, 6.45) is -0.275. The lowest BCUT2D eigenvalue weighted by Crippen LogP contribution is -2.50. The van der Waals surface area contributed by atoms with Crippen LogP contribution in [0, 0.1) is 0 Å². The number of nitrogens with one attached hydrogen (secondary N) is 4. The highest BCUT2D eigenvalue weighted by Gasteiger charge is 2.32. The van der Waals surface area contributed by atoms with Crippen LogP contribution in [-0.2, 0) is 42.7 Å². The van der Waals surface area contributed by atoms with Gasteiger partial charge in [-0.2, -0.15) is 0 Å².